The van der Waals surface area contributed by atoms with Crippen molar-refractivity contribution in [2.24, 2.45) is 0 Å². The molecule has 0 amide bonds. The number of carbonyl (C=O) groups excluding carboxylic acids is 1. The van der Waals surface area contributed by atoms with Crippen LogP contribution in [0, 0.1) is 0 Å². The van der Waals surface area contributed by atoms with Crippen molar-refractivity contribution in [2.75, 3.05) is 0 Å². The number of ether oxygens (including phenoxy) is 2. The van der Waals surface area contributed by atoms with E-state index in [9.17, 15) is 4.79 Å². The first-order chi connectivity index (χ1) is 26.4. The highest BCUT2D eigenvalue weighted by atomic mass is 16.5. The summed E-state index contributed by atoms with van der Waals surface area (Å²) in [4.78, 5) is 21.2. The first kappa shape index (κ1) is 35.1. The van der Waals surface area contributed by atoms with E-state index in [1.807, 2.05) is 54.6 Å². The third-order valence-corrected chi connectivity index (χ3v) is 10.4. The maximum absolute atomic E-state index is 13.7. The van der Waals surface area contributed by atoms with Crippen LogP contribution in [-0.4, -0.2) is 42.7 Å². The zero-order valence-electron chi connectivity index (χ0n) is 31.0. The number of nitrogens with one attached hydrogen (secondary N) is 1. The fourth-order valence-corrected chi connectivity index (χ4v) is 7.50. The molecule has 54 heavy (non-hydrogen) atoms. The van der Waals surface area contributed by atoms with E-state index in [0.29, 0.717) is 26.1 Å². The van der Waals surface area contributed by atoms with E-state index in [0.717, 1.165) is 62.7 Å². The molecular formula is C46H45N5O3. The van der Waals surface area contributed by atoms with Crippen LogP contribution >= 0.6 is 0 Å². The highest BCUT2D eigenvalue weighted by molar-refractivity contribution is 5.94. The molecule has 8 rings (SSSR count). The van der Waals surface area contributed by atoms with Crippen molar-refractivity contribution in [1.29, 1.82) is 0 Å². The highest BCUT2D eigenvalue weighted by Gasteiger charge is 2.38. The Morgan fingerprint density at radius 3 is 2.20 bits per heavy atom. The van der Waals surface area contributed by atoms with Gasteiger partial charge in [0.05, 0.1) is 16.9 Å². The normalized spacial score (nSPS) is 14.3. The lowest BCUT2D eigenvalue weighted by Gasteiger charge is -2.37. The summed E-state index contributed by atoms with van der Waals surface area (Å²) in [5, 5.41) is 9.22. The van der Waals surface area contributed by atoms with Gasteiger partial charge in [-0.3, -0.25) is 14.8 Å². The molecule has 0 radical (unpaired) electrons. The van der Waals surface area contributed by atoms with Crippen LogP contribution in [0.5, 0.6) is 5.75 Å². The average Bonchev–Trinajstić information content (AvgIpc) is 3.79. The number of aryl methyl sites for hydroxylation is 1. The number of esters is 1. The molecule has 8 heteroatoms. The van der Waals surface area contributed by atoms with Crippen LogP contribution < -0.4 is 4.74 Å². The zero-order chi connectivity index (χ0) is 37.0. The molecule has 1 aliphatic rings. The number of nitrogens with zero attached hydrogens (tertiary/aromatic N) is 4. The van der Waals surface area contributed by atoms with Crippen molar-refractivity contribution in [3.05, 3.63) is 161 Å². The Bertz CT molecular complexity index is 2370. The molecule has 1 N–H and O–H groups in total. The standard InChI is InChI=1S/C46H45N5O3/c1-4-35-24-37(53-29-33-16-10-6-11-17-33)21-23-38(35)36-20-22-39-40(25-36)48-49-44(39)45-47-41-26-42(46(52)54-30-34-18-12-7-13-19-34)50(31(2)3)28-43(41)51(45)27-32-14-8-5-9-15-32/h5-25,31,42H,4,26-30H2,1-3H3,(H,48,49)/t42-/m0/s1. The van der Waals surface area contributed by atoms with Crippen LogP contribution in [0.25, 0.3) is 33.5 Å². The van der Waals surface area contributed by atoms with Crippen LogP contribution in [0.4, 0.5) is 0 Å². The lowest BCUT2D eigenvalue weighted by atomic mass is 9.96. The van der Waals surface area contributed by atoms with Crippen molar-refractivity contribution in [2.45, 2.75) is 72.0 Å². The smallest absolute Gasteiger partial charge is 0.324 e. The third kappa shape index (κ3) is 7.30. The van der Waals surface area contributed by atoms with Crippen molar-refractivity contribution in [3.63, 3.8) is 0 Å². The van der Waals surface area contributed by atoms with Gasteiger partial charge in [-0.05, 0) is 77.9 Å². The number of H-pyrrole nitrogens is 1. The van der Waals surface area contributed by atoms with Crippen LogP contribution in [0.1, 0.15) is 54.4 Å². The van der Waals surface area contributed by atoms with Gasteiger partial charge in [0.15, 0.2) is 5.82 Å². The van der Waals surface area contributed by atoms with Crippen molar-refractivity contribution in [1.82, 2.24) is 24.6 Å². The topological polar surface area (TPSA) is 85.3 Å². The Kier molecular flexibility index (Phi) is 10.1. The summed E-state index contributed by atoms with van der Waals surface area (Å²) in [7, 11) is 0. The lowest BCUT2D eigenvalue weighted by molar-refractivity contribution is -0.153. The number of rotatable bonds is 12. The van der Waals surface area contributed by atoms with Crippen LogP contribution in [0.3, 0.4) is 0 Å². The molecule has 7 aromatic rings. The average molecular weight is 716 g/mol. The highest BCUT2D eigenvalue weighted by Crippen LogP contribution is 2.36. The van der Waals surface area contributed by atoms with Gasteiger partial charge in [-0.2, -0.15) is 5.10 Å². The van der Waals surface area contributed by atoms with Crippen molar-refractivity contribution in [3.8, 4) is 28.4 Å². The monoisotopic (exact) mass is 715 g/mol. The molecule has 0 saturated carbocycles. The second-order valence-electron chi connectivity index (χ2n) is 14.3. The Labute approximate surface area is 316 Å². The molecule has 0 fully saturated rings. The van der Waals surface area contributed by atoms with E-state index in [1.165, 1.54) is 16.7 Å². The zero-order valence-corrected chi connectivity index (χ0v) is 31.0. The predicted octanol–water partition coefficient (Wildman–Crippen LogP) is 9.16. The molecule has 5 aromatic carbocycles. The summed E-state index contributed by atoms with van der Waals surface area (Å²) in [6.45, 7) is 8.44. The number of imidazole rings is 1. The van der Waals surface area contributed by atoms with E-state index in [4.69, 9.17) is 19.6 Å². The van der Waals surface area contributed by atoms with E-state index < -0.39 is 6.04 Å². The Hall–Kier alpha value is -5.99. The molecule has 0 spiro atoms. The minimum Gasteiger partial charge on any atom is -0.489 e. The lowest BCUT2D eigenvalue weighted by Crippen LogP contribution is -2.49. The van der Waals surface area contributed by atoms with E-state index in [2.05, 4.69) is 108 Å². The first-order valence-electron chi connectivity index (χ1n) is 18.8. The maximum Gasteiger partial charge on any atom is 0.324 e. The van der Waals surface area contributed by atoms with E-state index >= 15 is 0 Å². The van der Waals surface area contributed by atoms with Gasteiger partial charge in [0.2, 0.25) is 0 Å². The summed E-state index contributed by atoms with van der Waals surface area (Å²) < 4.78 is 14.3. The molecule has 2 aromatic heterocycles. The van der Waals surface area contributed by atoms with Crippen LogP contribution in [0.2, 0.25) is 0 Å². The molecule has 1 aliphatic heterocycles. The van der Waals surface area contributed by atoms with Gasteiger partial charge in [0, 0.05) is 30.9 Å². The molecule has 0 unspecified atom stereocenters. The summed E-state index contributed by atoms with van der Waals surface area (Å²) >= 11 is 0. The van der Waals surface area contributed by atoms with Gasteiger partial charge in [0.1, 0.15) is 30.7 Å². The summed E-state index contributed by atoms with van der Waals surface area (Å²) in [6.07, 6.45) is 1.34. The fourth-order valence-electron chi connectivity index (χ4n) is 7.50. The minimum absolute atomic E-state index is 0.123. The quantitative estimate of drug-likeness (QED) is 0.127. The second-order valence-corrected chi connectivity index (χ2v) is 14.3. The van der Waals surface area contributed by atoms with Gasteiger partial charge < -0.3 is 14.0 Å². The van der Waals surface area contributed by atoms with Gasteiger partial charge in [-0.25, -0.2) is 4.98 Å². The van der Waals surface area contributed by atoms with E-state index in [1.54, 1.807) is 0 Å². The number of aromatic amines is 1. The summed E-state index contributed by atoms with van der Waals surface area (Å²) in [6, 6.07) is 43.0. The van der Waals surface area contributed by atoms with Crippen molar-refractivity contribution < 1.29 is 14.3 Å². The first-order valence-corrected chi connectivity index (χ1v) is 18.8. The number of aromatic nitrogens is 4. The molecule has 0 aliphatic carbocycles. The summed E-state index contributed by atoms with van der Waals surface area (Å²) in [5.74, 6) is 1.43. The van der Waals surface area contributed by atoms with Crippen LogP contribution in [0.15, 0.2) is 127 Å². The number of benzene rings is 5. The Balaban J connectivity index is 1.11. The molecule has 1 atom stereocenters. The number of fused-ring (bicyclic) bond motifs is 2. The molecule has 8 nitrogen and oxygen atoms in total. The molecular weight excluding hydrogens is 671 g/mol. The summed E-state index contributed by atoms with van der Waals surface area (Å²) in [5.41, 5.74) is 10.5. The second kappa shape index (κ2) is 15.5. The predicted molar refractivity (Wildman–Crippen MR) is 213 cm³/mol. The van der Waals surface area contributed by atoms with Gasteiger partial charge in [-0.1, -0.05) is 110 Å². The Morgan fingerprint density at radius 1 is 0.833 bits per heavy atom. The maximum atomic E-state index is 13.7. The fraction of sp³-hybridized carbons (Fsp3) is 0.239. The number of hydrogen-bond acceptors (Lipinski definition) is 6. The molecule has 3 heterocycles. The number of hydrogen-bond donors (Lipinski definition) is 1. The van der Waals surface area contributed by atoms with E-state index in [-0.39, 0.29) is 18.6 Å². The van der Waals surface area contributed by atoms with Gasteiger partial charge in [0.25, 0.3) is 0 Å². The number of carbonyl (C=O) groups is 1. The van der Waals surface area contributed by atoms with Crippen molar-refractivity contribution >= 4 is 16.9 Å². The van der Waals surface area contributed by atoms with Crippen LogP contribution in [-0.2, 0) is 48.7 Å². The largest absolute Gasteiger partial charge is 0.489 e. The minimum atomic E-state index is -0.435. The third-order valence-electron chi connectivity index (χ3n) is 10.4. The van der Waals surface area contributed by atoms with Gasteiger partial charge in [-0.15, -0.1) is 0 Å². The molecule has 0 saturated heterocycles. The molecule has 272 valence electrons. The molecule has 0 bridgehead atoms. The Morgan fingerprint density at radius 2 is 1.52 bits per heavy atom. The van der Waals surface area contributed by atoms with Gasteiger partial charge >= 0.3 is 5.97 Å². The SMILES string of the molecule is CCc1cc(OCc2ccccc2)ccc1-c1ccc2c(-c3nc4c(n3Cc3ccccc3)CN(C(C)C)[C@H](C(=O)OCc3ccccc3)C4)n[nH]c2c1.